The van der Waals surface area contributed by atoms with Crippen molar-refractivity contribution in [1.82, 2.24) is 16.0 Å². The summed E-state index contributed by atoms with van der Waals surface area (Å²) in [6.45, 7) is 1.23. The van der Waals surface area contributed by atoms with Gasteiger partial charge in [0.2, 0.25) is 23.6 Å². The Hall–Kier alpha value is -4.20. The van der Waals surface area contributed by atoms with Crippen LogP contribution in [0.5, 0.6) is 5.75 Å². The molecule has 14 nitrogen and oxygen atoms in total. The number of amides is 4. The van der Waals surface area contributed by atoms with Crippen molar-refractivity contribution >= 4 is 35.6 Å². The van der Waals surface area contributed by atoms with Crippen LogP contribution in [0.1, 0.15) is 31.7 Å². The molecular formula is C21H29N5O9. The largest absolute Gasteiger partial charge is 0.508 e. The third kappa shape index (κ3) is 10.5. The van der Waals surface area contributed by atoms with E-state index < -0.39 is 72.6 Å². The lowest BCUT2D eigenvalue weighted by molar-refractivity contribution is -0.143. The summed E-state index contributed by atoms with van der Waals surface area (Å²) in [6, 6.07) is 0.536. The van der Waals surface area contributed by atoms with Gasteiger partial charge in [-0.25, -0.2) is 4.79 Å². The van der Waals surface area contributed by atoms with Crippen LogP contribution in [0.25, 0.3) is 0 Å². The number of phenols is 1. The van der Waals surface area contributed by atoms with Gasteiger partial charge in [-0.05, 0) is 37.5 Å². The highest BCUT2D eigenvalue weighted by Gasteiger charge is 2.29. The molecule has 0 bridgehead atoms. The van der Waals surface area contributed by atoms with Crippen LogP contribution in [0.2, 0.25) is 0 Å². The smallest absolute Gasteiger partial charge is 0.326 e. The number of carbonyl (C=O) groups is 6. The predicted octanol–water partition coefficient (Wildman–Crippen LogP) is -2.44. The maximum absolute atomic E-state index is 12.6. The van der Waals surface area contributed by atoms with E-state index >= 15 is 0 Å². The first-order valence-electron chi connectivity index (χ1n) is 10.5. The van der Waals surface area contributed by atoms with E-state index in [9.17, 15) is 33.9 Å². The number of nitrogens with one attached hydrogen (secondary N) is 3. The first kappa shape index (κ1) is 28.8. The van der Waals surface area contributed by atoms with Crippen molar-refractivity contribution in [2.24, 2.45) is 11.5 Å². The number of carboxylic acid groups (broad SMARTS) is 2. The van der Waals surface area contributed by atoms with Crippen molar-refractivity contribution in [3.63, 3.8) is 0 Å². The highest BCUT2D eigenvalue weighted by molar-refractivity contribution is 5.96. The van der Waals surface area contributed by atoms with Crippen LogP contribution in [0, 0.1) is 0 Å². The van der Waals surface area contributed by atoms with Crippen molar-refractivity contribution in [3.8, 4) is 5.75 Å². The first-order chi connectivity index (χ1) is 16.3. The summed E-state index contributed by atoms with van der Waals surface area (Å²) in [5, 5.41) is 33.8. The van der Waals surface area contributed by atoms with Crippen LogP contribution in [0.4, 0.5) is 0 Å². The Labute approximate surface area is 200 Å². The number of aliphatic carboxylic acids is 2. The average Bonchev–Trinajstić information content (AvgIpc) is 2.76. The first-order valence-corrected chi connectivity index (χ1v) is 10.5. The third-order valence-electron chi connectivity index (χ3n) is 4.78. The molecule has 0 radical (unpaired) electrons. The second-order valence-electron chi connectivity index (χ2n) is 7.77. The lowest BCUT2D eigenvalue weighted by atomic mass is 10.0. The Bertz CT molecular complexity index is 951. The molecule has 0 aliphatic rings. The number of hydrogen-bond acceptors (Lipinski definition) is 8. The Morgan fingerprint density at radius 2 is 1.46 bits per heavy atom. The summed E-state index contributed by atoms with van der Waals surface area (Å²) in [7, 11) is 0. The van der Waals surface area contributed by atoms with E-state index in [-0.39, 0.29) is 18.6 Å². The summed E-state index contributed by atoms with van der Waals surface area (Å²) in [6.07, 6.45) is -1.43. The van der Waals surface area contributed by atoms with Crippen LogP contribution in [0.15, 0.2) is 24.3 Å². The van der Waals surface area contributed by atoms with Crippen LogP contribution in [-0.2, 0) is 35.2 Å². The van der Waals surface area contributed by atoms with Crippen molar-refractivity contribution in [3.05, 3.63) is 29.8 Å². The van der Waals surface area contributed by atoms with Crippen LogP contribution in [-0.4, -0.2) is 75.1 Å². The zero-order valence-corrected chi connectivity index (χ0v) is 18.9. The van der Waals surface area contributed by atoms with E-state index in [1.807, 2.05) is 0 Å². The number of phenolic OH excluding ortho intramolecular Hbond substituents is 1. The molecule has 0 saturated carbocycles. The summed E-state index contributed by atoms with van der Waals surface area (Å²) < 4.78 is 0. The second kappa shape index (κ2) is 13.5. The molecule has 4 unspecified atom stereocenters. The molecule has 10 N–H and O–H groups in total. The van der Waals surface area contributed by atoms with E-state index in [1.54, 1.807) is 12.1 Å². The molecule has 1 rings (SSSR count). The van der Waals surface area contributed by atoms with Crippen molar-refractivity contribution in [1.29, 1.82) is 0 Å². The highest BCUT2D eigenvalue weighted by atomic mass is 16.4. The minimum Gasteiger partial charge on any atom is -0.508 e. The number of carboxylic acids is 2. The Kier molecular flexibility index (Phi) is 11.1. The lowest BCUT2D eigenvalue weighted by Crippen LogP contribution is -2.57. The summed E-state index contributed by atoms with van der Waals surface area (Å²) in [5.41, 5.74) is 11.6. The molecule has 192 valence electrons. The molecule has 1 aromatic rings. The summed E-state index contributed by atoms with van der Waals surface area (Å²) in [4.78, 5) is 70.6. The standard InChI is InChI=1S/C21H29N5O9/c1-10(18(31)25-14(21(34)35)6-7-17(29)30)24-20(33)15(9-16(23)28)26-19(32)13(22)8-11-2-4-12(27)5-3-11/h2-5,10,13-15,27H,6-9,22H2,1H3,(H2,23,28)(H,24,33)(H,25,31)(H,26,32)(H,29,30)(H,34,35). The minimum absolute atomic E-state index is 0.0275. The summed E-state index contributed by atoms with van der Waals surface area (Å²) >= 11 is 0. The van der Waals surface area contributed by atoms with E-state index in [2.05, 4.69) is 16.0 Å². The maximum Gasteiger partial charge on any atom is 0.326 e. The second-order valence-corrected chi connectivity index (χ2v) is 7.77. The number of hydrogen-bond donors (Lipinski definition) is 8. The van der Waals surface area contributed by atoms with Gasteiger partial charge in [0.15, 0.2) is 0 Å². The number of primary amides is 1. The van der Waals surface area contributed by atoms with Gasteiger partial charge in [0.25, 0.3) is 0 Å². The lowest BCUT2D eigenvalue weighted by Gasteiger charge is -2.23. The fraction of sp³-hybridized carbons (Fsp3) is 0.429. The average molecular weight is 495 g/mol. The molecule has 0 aliphatic carbocycles. The number of nitrogens with two attached hydrogens (primary N) is 2. The van der Waals surface area contributed by atoms with Crippen molar-refractivity contribution in [2.45, 2.75) is 56.8 Å². The Morgan fingerprint density at radius 3 is 1.97 bits per heavy atom. The molecule has 1 aromatic carbocycles. The van der Waals surface area contributed by atoms with Gasteiger partial charge in [0.1, 0.15) is 23.9 Å². The van der Waals surface area contributed by atoms with Gasteiger partial charge in [-0.15, -0.1) is 0 Å². The van der Waals surface area contributed by atoms with Gasteiger partial charge in [-0.3, -0.25) is 24.0 Å². The van der Waals surface area contributed by atoms with Crippen molar-refractivity contribution < 1.29 is 44.1 Å². The minimum atomic E-state index is -1.50. The number of aromatic hydroxyl groups is 1. The Balaban J connectivity index is 2.77. The van der Waals surface area contributed by atoms with Gasteiger partial charge in [-0.2, -0.15) is 0 Å². The number of benzene rings is 1. The van der Waals surface area contributed by atoms with Crippen LogP contribution >= 0.6 is 0 Å². The molecular weight excluding hydrogens is 466 g/mol. The molecule has 35 heavy (non-hydrogen) atoms. The molecule has 0 aliphatic heterocycles. The number of carbonyl (C=O) groups excluding carboxylic acids is 4. The zero-order valence-electron chi connectivity index (χ0n) is 18.9. The normalized spacial score (nSPS) is 14.0. The molecule has 0 aromatic heterocycles. The third-order valence-corrected chi connectivity index (χ3v) is 4.78. The Morgan fingerprint density at radius 1 is 0.886 bits per heavy atom. The van der Waals surface area contributed by atoms with Crippen LogP contribution in [0.3, 0.4) is 0 Å². The van der Waals surface area contributed by atoms with E-state index in [0.29, 0.717) is 5.56 Å². The fourth-order valence-corrected chi connectivity index (χ4v) is 2.87. The molecule has 0 fully saturated rings. The fourth-order valence-electron chi connectivity index (χ4n) is 2.87. The molecule has 14 heteroatoms. The van der Waals surface area contributed by atoms with Gasteiger partial charge in [0.05, 0.1) is 12.5 Å². The van der Waals surface area contributed by atoms with E-state index in [1.165, 1.54) is 19.1 Å². The van der Waals surface area contributed by atoms with E-state index in [0.717, 1.165) is 0 Å². The number of rotatable bonds is 14. The molecule has 0 heterocycles. The maximum atomic E-state index is 12.6. The van der Waals surface area contributed by atoms with Gasteiger partial charge in [-0.1, -0.05) is 12.1 Å². The van der Waals surface area contributed by atoms with Gasteiger partial charge < -0.3 is 42.7 Å². The predicted molar refractivity (Wildman–Crippen MR) is 120 cm³/mol. The SMILES string of the molecule is CC(NC(=O)C(CC(N)=O)NC(=O)C(N)Cc1ccc(O)cc1)C(=O)NC(CCC(=O)O)C(=O)O. The quantitative estimate of drug-likeness (QED) is 0.135. The van der Waals surface area contributed by atoms with Crippen molar-refractivity contribution in [2.75, 3.05) is 0 Å². The summed E-state index contributed by atoms with van der Waals surface area (Å²) in [5.74, 6) is -6.26. The zero-order chi connectivity index (χ0) is 26.7. The topological polar surface area (TPSA) is 251 Å². The molecule has 4 amide bonds. The molecule has 0 spiro atoms. The molecule has 0 saturated heterocycles. The van der Waals surface area contributed by atoms with Gasteiger partial charge in [0, 0.05) is 6.42 Å². The highest BCUT2D eigenvalue weighted by Crippen LogP contribution is 2.11. The van der Waals surface area contributed by atoms with E-state index in [4.69, 9.17) is 21.7 Å². The monoisotopic (exact) mass is 495 g/mol. The molecule has 4 atom stereocenters. The van der Waals surface area contributed by atoms with Gasteiger partial charge >= 0.3 is 11.9 Å². The van der Waals surface area contributed by atoms with Crippen LogP contribution < -0.4 is 27.4 Å².